The van der Waals surface area contributed by atoms with Gasteiger partial charge in [-0.2, -0.15) is 0 Å². The zero-order valence-corrected chi connectivity index (χ0v) is 10.7. The van der Waals surface area contributed by atoms with Gasteiger partial charge in [0.2, 0.25) is 6.79 Å². The number of amides is 1. The third-order valence-electron chi connectivity index (χ3n) is 2.98. The molecule has 0 fully saturated rings. The highest BCUT2D eigenvalue weighted by atomic mass is 16.7. The smallest absolute Gasteiger partial charge is 0.287 e. The van der Waals surface area contributed by atoms with E-state index in [4.69, 9.17) is 19.6 Å². The van der Waals surface area contributed by atoms with E-state index in [1.165, 1.54) is 0 Å². The van der Waals surface area contributed by atoms with Crippen LogP contribution in [0.15, 0.2) is 34.7 Å². The highest BCUT2D eigenvalue weighted by Crippen LogP contribution is 2.32. The molecule has 0 saturated carbocycles. The average molecular weight is 274 g/mol. The Hall–Kier alpha value is -2.47. The summed E-state index contributed by atoms with van der Waals surface area (Å²) >= 11 is 0. The zero-order chi connectivity index (χ0) is 13.9. The van der Waals surface area contributed by atoms with Crippen molar-refractivity contribution in [2.45, 2.75) is 13.1 Å². The van der Waals surface area contributed by atoms with Crippen LogP contribution in [-0.4, -0.2) is 12.7 Å². The summed E-state index contributed by atoms with van der Waals surface area (Å²) in [5.41, 5.74) is 6.35. The van der Waals surface area contributed by atoms with E-state index in [2.05, 4.69) is 5.32 Å². The van der Waals surface area contributed by atoms with E-state index in [0.29, 0.717) is 18.1 Å². The van der Waals surface area contributed by atoms with Crippen LogP contribution in [0.3, 0.4) is 0 Å². The lowest BCUT2D eigenvalue weighted by Crippen LogP contribution is -2.22. The summed E-state index contributed by atoms with van der Waals surface area (Å²) in [5.74, 6) is 1.98. The van der Waals surface area contributed by atoms with Crippen LogP contribution in [0.2, 0.25) is 0 Å². The van der Waals surface area contributed by atoms with Gasteiger partial charge in [-0.3, -0.25) is 4.79 Å². The van der Waals surface area contributed by atoms with Crippen molar-refractivity contribution in [2.75, 3.05) is 6.79 Å². The monoisotopic (exact) mass is 274 g/mol. The predicted molar refractivity (Wildman–Crippen MR) is 70.3 cm³/mol. The first-order valence-corrected chi connectivity index (χ1v) is 6.22. The molecule has 104 valence electrons. The lowest BCUT2D eigenvalue weighted by atomic mass is 10.2. The molecule has 0 bridgehead atoms. The fourth-order valence-electron chi connectivity index (χ4n) is 1.93. The van der Waals surface area contributed by atoms with Crippen molar-refractivity contribution in [1.29, 1.82) is 0 Å². The second-order valence-electron chi connectivity index (χ2n) is 4.34. The Morgan fingerprint density at radius 2 is 2.05 bits per heavy atom. The highest BCUT2D eigenvalue weighted by molar-refractivity contribution is 5.91. The van der Waals surface area contributed by atoms with Gasteiger partial charge in [0.25, 0.3) is 5.91 Å². The van der Waals surface area contributed by atoms with Crippen LogP contribution in [0.5, 0.6) is 11.5 Å². The maximum absolute atomic E-state index is 11.9. The summed E-state index contributed by atoms with van der Waals surface area (Å²) < 4.78 is 15.8. The van der Waals surface area contributed by atoms with Crippen molar-refractivity contribution in [2.24, 2.45) is 5.73 Å². The number of nitrogens with one attached hydrogen (secondary N) is 1. The summed E-state index contributed by atoms with van der Waals surface area (Å²) in [6.45, 7) is 0.892. The van der Waals surface area contributed by atoms with Crippen LogP contribution in [0.25, 0.3) is 0 Å². The fourth-order valence-corrected chi connectivity index (χ4v) is 1.93. The molecular weight excluding hydrogens is 260 g/mol. The zero-order valence-electron chi connectivity index (χ0n) is 10.7. The van der Waals surface area contributed by atoms with E-state index >= 15 is 0 Å². The van der Waals surface area contributed by atoms with Crippen molar-refractivity contribution in [3.8, 4) is 11.5 Å². The second-order valence-corrected chi connectivity index (χ2v) is 4.34. The number of furan rings is 1. The molecule has 6 nitrogen and oxygen atoms in total. The van der Waals surface area contributed by atoms with Gasteiger partial charge in [0.1, 0.15) is 5.76 Å². The molecule has 0 unspecified atom stereocenters. The van der Waals surface area contributed by atoms with Crippen LogP contribution in [0.1, 0.15) is 21.9 Å². The van der Waals surface area contributed by atoms with E-state index < -0.39 is 0 Å². The van der Waals surface area contributed by atoms with Crippen molar-refractivity contribution < 1.29 is 18.7 Å². The molecule has 0 aliphatic carbocycles. The van der Waals surface area contributed by atoms with Gasteiger partial charge in [-0.1, -0.05) is 6.07 Å². The predicted octanol–water partition coefficient (Wildman–Crippen LogP) is 1.40. The van der Waals surface area contributed by atoms with Gasteiger partial charge in [0, 0.05) is 6.54 Å². The van der Waals surface area contributed by atoms with E-state index in [1.54, 1.807) is 12.1 Å². The van der Waals surface area contributed by atoms with Crippen LogP contribution in [0.4, 0.5) is 0 Å². The Bertz CT molecular complexity index is 636. The minimum absolute atomic E-state index is 0.236. The Labute approximate surface area is 115 Å². The Morgan fingerprint density at radius 1 is 1.20 bits per heavy atom. The molecule has 2 aromatic rings. The van der Waals surface area contributed by atoms with Gasteiger partial charge < -0.3 is 24.9 Å². The van der Waals surface area contributed by atoms with Crippen LogP contribution < -0.4 is 20.5 Å². The van der Waals surface area contributed by atoms with E-state index in [1.807, 2.05) is 18.2 Å². The molecule has 6 heteroatoms. The number of hydrogen-bond donors (Lipinski definition) is 2. The van der Waals surface area contributed by atoms with Crippen LogP contribution in [0, 0.1) is 0 Å². The topological polar surface area (TPSA) is 86.7 Å². The number of nitrogens with two attached hydrogens (primary N) is 1. The molecule has 1 aromatic heterocycles. The first-order valence-electron chi connectivity index (χ1n) is 6.22. The Kier molecular flexibility index (Phi) is 3.30. The van der Waals surface area contributed by atoms with Crippen LogP contribution >= 0.6 is 0 Å². The number of fused-ring (bicyclic) bond motifs is 1. The first-order chi connectivity index (χ1) is 9.76. The molecule has 1 aliphatic heterocycles. The SMILES string of the molecule is NCc1ccc(C(=O)NCc2ccc3c(c2)OCO3)o1. The van der Waals surface area contributed by atoms with E-state index in [9.17, 15) is 4.79 Å². The molecule has 2 heterocycles. The van der Waals surface area contributed by atoms with Gasteiger partial charge in [0.15, 0.2) is 17.3 Å². The molecular formula is C14H14N2O4. The summed E-state index contributed by atoms with van der Waals surface area (Å²) in [7, 11) is 0. The Balaban J connectivity index is 1.63. The highest BCUT2D eigenvalue weighted by Gasteiger charge is 2.14. The van der Waals surface area contributed by atoms with Gasteiger partial charge in [-0.25, -0.2) is 0 Å². The van der Waals surface area contributed by atoms with Crippen molar-refractivity contribution >= 4 is 5.91 Å². The lowest BCUT2D eigenvalue weighted by molar-refractivity contribution is 0.0921. The largest absolute Gasteiger partial charge is 0.455 e. The molecule has 0 saturated heterocycles. The van der Waals surface area contributed by atoms with Gasteiger partial charge in [0.05, 0.1) is 6.54 Å². The third kappa shape index (κ3) is 2.46. The van der Waals surface area contributed by atoms with Gasteiger partial charge in [-0.05, 0) is 29.8 Å². The van der Waals surface area contributed by atoms with Crippen LogP contribution in [-0.2, 0) is 13.1 Å². The first kappa shape index (κ1) is 12.6. The maximum atomic E-state index is 11.9. The summed E-state index contributed by atoms with van der Waals surface area (Å²) in [6.07, 6.45) is 0. The summed E-state index contributed by atoms with van der Waals surface area (Å²) in [6, 6.07) is 8.84. The molecule has 20 heavy (non-hydrogen) atoms. The summed E-state index contributed by atoms with van der Waals surface area (Å²) in [4.78, 5) is 11.9. The lowest BCUT2D eigenvalue weighted by Gasteiger charge is -2.04. The van der Waals surface area contributed by atoms with Crippen molar-refractivity contribution in [1.82, 2.24) is 5.32 Å². The third-order valence-corrected chi connectivity index (χ3v) is 2.98. The van der Waals surface area contributed by atoms with Gasteiger partial charge >= 0.3 is 0 Å². The number of rotatable bonds is 4. The number of benzene rings is 1. The molecule has 3 rings (SSSR count). The number of hydrogen-bond acceptors (Lipinski definition) is 5. The second kappa shape index (κ2) is 5.26. The van der Waals surface area contributed by atoms with E-state index in [0.717, 1.165) is 11.3 Å². The molecule has 1 aliphatic rings. The molecule has 0 radical (unpaired) electrons. The quantitative estimate of drug-likeness (QED) is 0.880. The molecule has 0 atom stereocenters. The molecule has 0 spiro atoms. The van der Waals surface area contributed by atoms with Crippen molar-refractivity contribution in [3.63, 3.8) is 0 Å². The minimum Gasteiger partial charge on any atom is -0.455 e. The maximum Gasteiger partial charge on any atom is 0.287 e. The molecule has 1 amide bonds. The normalized spacial score (nSPS) is 12.4. The van der Waals surface area contributed by atoms with Crippen molar-refractivity contribution in [3.05, 3.63) is 47.4 Å². The number of carbonyl (C=O) groups is 1. The summed E-state index contributed by atoms with van der Waals surface area (Å²) in [5, 5.41) is 2.77. The van der Waals surface area contributed by atoms with Gasteiger partial charge in [-0.15, -0.1) is 0 Å². The average Bonchev–Trinajstić information content (AvgIpc) is 3.12. The number of carbonyl (C=O) groups excluding carboxylic acids is 1. The Morgan fingerprint density at radius 3 is 2.85 bits per heavy atom. The van der Waals surface area contributed by atoms with E-state index in [-0.39, 0.29) is 25.0 Å². The fraction of sp³-hybridized carbons (Fsp3) is 0.214. The molecule has 3 N–H and O–H groups in total. The standard InChI is InChI=1S/C14H14N2O4/c15-6-10-2-4-12(20-10)14(17)16-7-9-1-3-11-13(5-9)19-8-18-11/h1-5H,6-8,15H2,(H,16,17). The number of ether oxygens (including phenoxy) is 2. The minimum atomic E-state index is -0.276. The molecule has 1 aromatic carbocycles.